The summed E-state index contributed by atoms with van der Waals surface area (Å²) in [5, 5.41) is 14.1. The molecule has 7 heteroatoms. The lowest BCUT2D eigenvalue weighted by Gasteiger charge is -2.07. The van der Waals surface area contributed by atoms with Gasteiger partial charge in [-0.25, -0.2) is 4.98 Å². The van der Waals surface area contributed by atoms with Crippen LogP contribution in [0.5, 0.6) is 0 Å². The molecule has 0 amide bonds. The Kier molecular flexibility index (Phi) is 5.16. The molecule has 0 aliphatic rings. The molecule has 0 aromatic carbocycles. The van der Waals surface area contributed by atoms with Crippen LogP contribution in [0.3, 0.4) is 0 Å². The second-order valence-electron chi connectivity index (χ2n) is 4.36. The smallest absolute Gasteiger partial charge is 0.311 e. The van der Waals surface area contributed by atoms with Gasteiger partial charge in [0.05, 0.1) is 4.92 Å². The van der Waals surface area contributed by atoms with Crippen LogP contribution in [-0.2, 0) is 4.74 Å². The van der Waals surface area contributed by atoms with Crippen molar-refractivity contribution in [2.75, 3.05) is 25.6 Å². The van der Waals surface area contributed by atoms with E-state index in [4.69, 9.17) is 4.74 Å². The van der Waals surface area contributed by atoms with Crippen LogP contribution in [0.2, 0.25) is 0 Å². The second-order valence-corrected chi connectivity index (χ2v) is 4.36. The van der Waals surface area contributed by atoms with Crippen LogP contribution in [0.15, 0.2) is 36.8 Å². The number of methoxy groups -OCH3 is 1. The third-order valence-corrected chi connectivity index (χ3v) is 2.90. The molecule has 0 unspecified atom stereocenters. The molecule has 2 heterocycles. The van der Waals surface area contributed by atoms with Crippen LogP contribution < -0.4 is 5.32 Å². The molecular formula is C14H16N4O3. The summed E-state index contributed by atoms with van der Waals surface area (Å²) in [6.07, 6.45) is 5.64. The molecule has 2 aromatic heterocycles. The molecule has 0 fully saturated rings. The zero-order valence-electron chi connectivity index (χ0n) is 11.7. The monoisotopic (exact) mass is 288 g/mol. The van der Waals surface area contributed by atoms with Gasteiger partial charge in [0.15, 0.2) is 0 Å². The van der Waals surface area contributed by atoms with Crippen LogP contribution in [0.4, 0.5) is 11.5 Å². The van der Waals surface area contributed by atoms with Crippen LogP contribution in [0.25, 0.3) is 11.1 Å². The number of hydrogen-bond acceptors (Lipinski definition) is 6. The SMILES string of the molecule is COCCCNc1ncc(-c2ccncc2)cc1[N+](=O)[O-]. The molecule has 0 radical (unpaired) electrons. The Balaban J connectivity index is 2.21. The summed E-state index contributed by atoms with van der Waals surface area (Å²) < 4.78 is 4.93. The molecule has 0 bridgehead atoms. The molecule has 0 aliphatic carbocycles. The first-order chi connectivity index (χ1) is 10.2. The van der Waals surface area contributed by atoms with Crippen molar-refractivity contribution in [3.05, 3.63) is 46.9 Å². The zero-order valence-corrected chi connectivity index (χ0v) is 11.7. The average molecular weight is 288 g/mol. The Morgan fingerprint density at radius 1 is 1.33 bits per heavy atom. The van der Waals surface area contributed by atoms with E-state index in [1.54, 1.807) is 37.8 Å². The van der Waals surface area contributed by atoms with Gasteiger partial charge in [0, 0.05) is 50.5 Å². The largest absolute Gasteiger partial charge is 0.385 e. The zero-order chi connectivity index (χ0) is 15.1. The van der Waals surface area contributed by atoms with Gasteiger partial charge >= 0.3 is 5.69 Å². The number of ether oxygens (including phenoxy) is 1. The predicted molar refractivity (Wildman–Crippen MR) is 79.1 cm³/mol. The number of anilines is 1. The van der Waals surface area contributed by atoms with Gasteiger partial charge < -0.3 is 10.1 Å². The molecular weight excluding hydrogens is 272 g/mol. The fourth-order valence-corrected chi connectivity index (χ4v) is 1.85. The van der Waals surface area contributed by atoms with Gasteiger partial charge in [-0.3, -0.25) is 15.1 Å². The lowest BCUT2D eigenvalue weighted by Crippen LogP contribution is -2.08. The van der Waals surface area contributed by atoms with E-state index in [1.165, 1.54) is 6.07 Å². The molecule has 2 aromatic rings. The van der Waals surface area contributed by atoms with E-state index in [0.717, 1.165) is 12.0 Å². The molecule has 0 atom stereocenters. The summed E-state index contributed by atoms with van der Waals surface area (Å²) in [6.45, 7) is 1.16. The summed E-state index contributed by atoms with van der Waals surface area (Å²) >= 11 is 0. The maximum atomic E-state index is 11.2. The van der Waals surface area contributed by atoms with Crippen LogP contribution in [0.1, 0.15) is 6.42 Å². The Bertz CT molecular complexity index is 604. The molecule has 0 spiro atoms. The van der Waals surface area contributed by atoms with E-state index >= 15 is 0 Å². The minimum absolute atomic E-state index is 0.0401. The molecule has 0 saturated carbocycles. The molecule has 7 nitrogen and oxygen atoms in total. The Labute approximate surface area is 122 Å². The molecule has 1 N–H and O–H groups in total. The van der Waals surface area contributed by atoms with Gasteiger partial charge in [-0.05, 0) is 24.1 Å². The fraction of sp³-hybridized carbons (Fsp3) is 0.286. The van der Waals surface area contributed by atoms with E-state index in [-0.39, 0.29) is 11.5 Å². The van der Waals surface area contributed by atoms with Gasteiger partial charge in [0.1, 0.15) is 0 Å². The predicted octanol–water partition coefficient (Wildman–Crippen LogP) is 2.50. The number of hydrogen-bond donors (Lipinski definition) is 1. The molecule has 0 saturated heterocycles. The molecule has 0 aliphatic heterocycles. The number of rotatable bonds is 7. The Hall–Kier alpha value is -2.54. The summed E-state index contributed by atoms with van der Waals surface area (Å²) in [4.78, 5) is 18.8. The number of pyridine rings is 2. The highest BCUT2D eigenvalue weighted by Crippen LogP contribution is 2.28. The normalized spacial score (nSPS) is 10.3. The lowest BCUT2D eigenvalue weighted by molar-refractivity contribution is -0.384. The van der Waals surface area contributed by atoms with E-state index in [0.29, 0.717) is 18.7 Å². The van der Waals surface area contributed by atoms with Gasteiger partial charge in [-0.2, -0.15) is 0 Å². The summed E-state index contributed by atoms with van der Waals surface area (Å²) in [6, 6.07) is 5.08. The van der Waals surface area contributed by atoms with Gasteiger partial charge in [-0.1, -0.05) is 0 Å². The van der Waals surface area contributed by atoms with E-state index < -0.39 is 4.92 Å². The molecule has 110 valence electrons. The van der Waals surface area contributed by atoms with Crippen LogP contribution >= 0.6 is 0 Å². The standard InChI is InChI=1S/C14H16N4O3/c1-21-8-2-5-16-14-13(18(19)20)9-12(10-17-14)11-3-6-15-7-4-11/h3-4,6-7,9-10H,2,5,8H2,1H3,(H,16,17). The van der Waals surface area contributed by atoms with Crippen molar-refractivity contribution >= 4 is 11.5 Å². The highest BCUT2D eigenvalue weighted by Gasteiger charge is 2.16. The number of nitrogens with one attached hydrogen (secondary N) is 1. The topological polar surface area (TPSA) is 90.2 Å². The number of nitro groups is 1. The van der Waals surface area contributed by atoms with Crippen LogP contribution in [-0.4, -0.2) is 35.2 Å². The third-order valence-electron chi connectivity index (χ3n) is 2.90. The molecule has 21 heavy (non-hydrogen) atoms. The van der Waals surface area contributed by atoms with E-state index in [2.05, 4.69) is 15.3 Å². The van der Waals surface area contributed by atoms with Crippen molar-refractivity contribution in [2.45, 2.75) is 6.42 Å². The second kappa shape index (κ2) is 7.30. The third kappa shape index (κ3) is 3.96. The summed E-state index contributed by atoms with van der Waals surface area (Å²) in [5.41, 5.74) is 1.49. The summed E-state index contributed by atoms with van der Waals surface area (Å²) in [7, 11) is 1.62. The maximum Gasteiger partial charge on any atom is 0.311 e. The highest BCUT2D eigenvalue weighted by atomic mass is 16.6. The number of aromatic nitrogens is 2. The van der Waals surface area contributed by atoms with Crippen molar-refractivity contribution in [3.8, 4) is 11.1 Å². The van der Waals surface area contributed by atoms with E-state index in [1.807, 2.05) is 0 Å². The Morgan fingerprint density at radius 2 is 2.10 bits per heavy atom. The van der Waals surface area contributed by atoms with Crippen molar-refractivity contribution in [3.63, 3.8) is 0 Å². The minimum atomic E-state index is -0.434. The van der Waals surface area contributed by atoms with Gasteiger partial charge in [0.2, 0.25) is 5.82 Å². The first-order valence-corrected chi connectivity index (χ1v) is 6.50. The minimum Gasteiger partial charge on any atom is -0.385 e. The first kappa shape index (κ1) is 14.9. The Morgan fingerprint density at radius 3 is 2.76 bits per heavy atom. The highest BCUT2D eigenvalue weighted by molar-refractivity contribution is 5.69. The summed E-state index contributed by atoms with van der Waals surface area (Å²) in [5.74, 6) is 0.272. The maximum absolute atomic E-state index is 11.2. The average Bonchev–Trinajstić information content (AvgIpc) is 2.52. The fourth-order valence-electron chi connectivity index (χ4n) is 1.85. The number of nitrogens with zero attached hydrogens (tertiary/aromatic N) is 3. The van der Waals surface area contributed by atoms with Crippen molar-refractivity contribution in [2.24, 2.45) is 0 Å². The van der Waals surface area contributed by atoms with E-state index in [9.17, 15) is 10.1 Å². The van der Waals surface area contributed by atoms with Crippen molar-refractivity contribution < 1.29 is 9.66 Å². The van der Waals surface area contributed by atoms with Gasteiger partial charge in [0.25, 0.3) is 0 Å². The van der Waals surface area contributed by atoms with Crippen molar-refractivity contribution in [1.29, 1.82) is 0 Å². The van der Waals surface area contributed by atoms with Crippen molar-refractivity contribution in [1.82, 2.24) is 9.97 Å². The quantitative estimate of drug-likeness (QED) is 0.478. The first-order valence-electron chi connectivity index (χ1n) is 6.50. The van der Waals surface area contributed by atoms with Gasteiger partial charge in [-0.15, -0.1) is 0 Å². The van der Waals surface area contributed by atoms with Crippen LogP contribution in [0, 0.1) is 10.1 Å². The lowest BCUT2D eigenvalue weighted by atomic mass is 10.1. The molecule has 2 rings (SSSR count).